The number of ether oxygens (including phenoxy) is 1. The molecule has 0 saturated carbocycles. The van der Waals surface area contributed by atoms with Gasteiger partial charge in [0, 0.05) is 11.3 Å². The Labute approximate surface area is 196 Å². The van der Waals surface area contributed by atoms with Gasteiger partial charge in [0.25, 0.3) is 0 Å². The molecule has 2 aromatic carbocycles. The summed E-state index contributed by atoms with van der Waals surface area (Å²) in [7, 11) is 0. The molecule has 32 heavy (non-hydrogen) atoms. The van der Waals surface area contributed by atoms with E-state index in [9.17, 15) is 9.59 Å². The molecule has 3 aromatic rings. The van der Waals surface area contributed by atoms with Gasteiger partial charge in [0.15, 0.2) is 16.7 Å². The molecule has 1 aromatic heterocycles. The first-order valence-electron chi connectivity index (χ1n) is 10.5. The lowest BCUT2D eigenvalue weighted by atomic mass is 9.97. The van der Waals surface area contributed by atoms with Crippen LogP contribution < -0.4 is 5.32 Å². The Morgan fingerprint density at radius 2 is 1.78 bits per heavy atom. The summed E-state index contributed by atoms with van der Waals surface area (Å²) in [6.07, 6.45) is 1.04. The van der Waals surface area contributed by atoms with Crippen LogP contribution in [0.25, 0.3) is 0 Å². The lowest BCUT2D eigenvalue weighted by Gasteiger charge is -2.09. The number of para-hydroxylation sites is 1. The summed E-state index contributed by atoms with van der Waals surface area (Å²) in [5, 5.41) is 12.2. The highest BCUT2D eigenvalue weighted by molar-refractivity contribution is 8.01. The minimum Gasteiger partial charge on any atom is -0.457 e. The molecule has 1 N–H and O–H groups in total. The van der Waals surface area contributed by atoms with Gasteiger partial charge in [-0.3, -0.25) is 9.59 Å². The van der Waals surface area contributed by atoms with Crippen LogP contribution in [0.15, 0.2) is 46.8 Å². The second kappa shape index (κ2) is 11.2. The van der Waals surface area contributed by atoms with E-state index >= 15 is 0 Å². The lowest BCUT2D eigenvalue weighted by molar-refractivity contribution is -0.139. The molecule has 0 spiro atoms. The summed E-state index contributed by atoms with van der Waals surface area (Å²) in [4.78, 5) is 24.4. The Kier molecular flexibility index (Phi) is 8.41. The van der Waals surface area contributed by atoms with E-state index in [1.54, 1.807) is 12.1 Å². The number of carbonyl (C=O) groups is 2. The van der Waals surface area contributed by atoms with E-state index < -0.39 is 5.97 Å². The van der Waals surface area contributed by atoms with Crippen LogP contribution in [0.1, 0.15) is 53.2 Å². The van der Waals surface area contributed by atoms with Crippen molar-refractivity contribution in [1.29, 1.82) is 0 Å². The fourth-order valence-corrected chi connectivity index (χ4v) is 4.62. The topological polar surface area (TPSA) is 81.2 Å². The Balaban J connectivity index is 1.46. The van der Waals surface area contributed by atoms with E-state index in [1.807, 2.05) is 44.2 Å². The number of nitrogens with zero attached hydrogens (tertiary/aromatic N) is 2. The number of esters is 1. The highest BCUT2D eigenvalue weighted by Gasteiger charge is 2.14. The Hall–Kier alpha value is -2.71. The van der Waals surface area contributed by atoms with Crippen LogP contribution in [0.3, 0.4) is 0 Å². The zero-order chi connectivity index (χ0) is 23.1. The summed E-state index contributed by atoms with van der Waals surface area (Å²) in [6.45, 7) is 8.08. The number of hydrogen-bond acceptors (Lipinski definition) is 8. The number of thioether (sulfide) groups is 1. The smallest absolute Gasteiger partial charge is 0.316 e. The van der Waals surface area contributed by atoms with Crippen molar-refractivity contribution in [2.75, 3.05) is 17.7 Å². The second-order valence-corrected chi connectivity index (χ2v) is 9.77. The number of aryl methyl sites for hydroxylation is 2. The molecular weight excluding hydrogens is 442 g/mol. The van der Waals surface area contributed by atoms with E-state index in [-0.39, 0.29) is 18.1 Å². The maximum atomic E-state index is 12.3. The van der Waals surface area contributed by atoms with Crippen LogP contribution in [-0.4, -0.2) is 34.3 Å². The number of Topliss-reactive ketones (excluding diaryl/α,β-unsaturated/α-hetero) is 1. The lowest BCUT2D eigenvalue weighted by Crippen LogP contribution is -2.15. The zero-order valence-corrected chi connectivity index (χ0v) is 20.3. The van der Waals surface area contributed by atoms with Gasteiger partial charge in [-0.15, -0.1) is 10.2 Å². The molecule has 0 radical (unpaired) electrons. The van der Waals surface area contributed by atoms with Gasteiger partial charge in [-0.1, -0.05) is 79.4 Å². The average Bonchev–Trinajstić information content (AvgIpc) is 3.25. The van der Waals surface area contributed by atoms with E-state index in [0.717, 1.165) is 23.2 Å². The number of aromatic nitrogens is 2. The number of ketones is 1. The molecule has 0 bridgehead atoms. The molecule has 0 aliphatic rings. The van der Waals surface area contributed by atoms with Gasteiger partial charge >= 0.3 is 5.97 Å². The number of carbonyl (C=O) groups excluding carboxylic acids is 2. The maximum Gasteiger partial charge on any atom is 0.316 e. The van der Waals surface area contributed by atoms with Gasteiger partial charge in [0.1, 0.15) is 0 Å². The third-order valence-corrected chi connectivity index (χ3v) is 7.16. The van der Waals surface area contributed by atoms with Crippen molar-refractivity contribution in [3.05, 3.63) is 64.7 Å². The van der Waals surface area contributed by atoms with Crippen LogP contribution in [-0.2, 0) is 9.53 Å². The number of anilines is 2. The minimum atomic E-state index is -0.459. The van der Waals surface area contributed by atoms with Gasteiger partial charge in [-0.25, -0.2) is 0 Å². The minimum absolute atomic E-state index is 0.0677. The van der Waals surface area contributed by atoms with Crippen LogP contribution in [0.5, 0.6) is 0 Å². The molecule has 0 amide bonds. The first kappa shape index (κ1) is 23.9. The molecule has 1 atom stereocenters. The standard InChI is InChI=1S/C24H27N3O3S2/c1-5-15(2)18-9-11-19(12-10-18)20(28)13-30-21(29)14-31-24-27-26-23(32-24)25-22-16(3)7-6-8-17(22)4/h6-12,15H,5,13-14H2,1-4H3,(H,25,26). The quantitative estimate of drug-likeness (QED) is 0.224. The summed E-state index contributed by atoms with van der Waals surface area (Å²) < 4.78 is 5.80. The Morgan fingerprint density at radius 1 is 1.09 bits per heavy atom. The molecule has 6 nitrogen and oxygen atoms in total. The fraction of sp³-hybridized carbons (Fsp3) is 0.333. The van der Waals surface area contributed by atoms with Crippen LogP contribution >= 0.6 is 23.1 Å². The Morgan fingerprint density at radius 3 is 2.44 bits per heavy atom. The summed E-state index contributed by atoms with van der Waals surface area (Å²) >= 11 is 2.61. The van der Waals surface area contributed by atoms with Crippen molar-refractivity contribution in [2.24, 2.45) is 0 Å². The van der Waals surface area contributed by atoms with Crippen molar-refractivity contribution in [3.63, 3.8) is 0 Å². The van der Waals surface area contributed by atoms with Crippen molar-refractivity contribution in [2.45, 2.75) is 44.4 Å². The van der Waals surface area contributed by atoms with E-state index in [2.05, 4.69) is 29.4 Å². The third kappa shape index (κ3) is 6.40. The summed E-state index contributed by atoms with van der Waals surface area (Å²) in [5.74, 6) is -0.155. The molecule has 3 rings (SSSR count). The SMILES string of the molecule is CCC(C)c1ccc(C(=O)COC(=O)CSc2nnc(Nc3c(C)cccc3C)s2)cc1. The van der Waals surface area contributed by atoms with Gasteiger partial charge in [0.05, 0.1) is 5.75 Å². The summed E-state index contributed by atoms with van der Waals surface area (Å²) in [6, 6.07) is 13.6. The van der Waals surface area contributed by atoms with E-state index in [1.165, 1.54) is 28.7 Å². The van der Waals surface area contributed by atoms with Crippen LogP contribution in [0, 0.1) is 13.8 Å². The second-order valence-electron chi connectivity index (χ2n) is 7.57. The number of nitrogens with one attached hydrogen (secondary N) is 1. The largest absolute Gasteiger partial charge is 0.457 e. The molecule has 0 fully saturated rings. The molecule has 0 aliphatic heterocycles. The molecule has 0 saturated heterocycles. The first-order valence-corrected chi connectivity index (χ1v) is 12.3. The predicted octanol–water partition coefficient (Wildman–Crippen LogP) is 5.93. The molecular formula is C24H27N3O3S2. The van der Waals surface area contributed by atoms with E-state index in [4.69, 9.17) is 4.74 Å². The van der Waals surface area contributed by atoms with Gasteiger partial charge in [-0.05, 0) is 42.9 Å². The van der Waals surface area contributed by atoms with Gasteiger partial charge in [0.2, 0.25) is 5.13 Å². The van der Waals surface area contributed by atoms with Gasteiger partial charge in [-0.2, -0.15) is 0 Å². The molecule has 1 heterocycles. The van der Waals surface area contributed by atoms with Crippen molar-refractivity contribution < 1.29 is 14.3 Å². The monoisotopic (exact) mass is 469 g/mol. The highest BCUT2D eigenvalue weighted by Crippen LogP contribution is 2.30. The van der Waals surface area contributed by atoms with Crippen molar-refractivity contribution in [3.8, 4) is 0 Å². The molecule has 8 heteroatoms. The Bertz CT molecular complexity index is 1060. The fourth-order valence-electron chi connectivity index (χ4n) is 3.06. The number of rotatable bonds is 10. The predicted molar refractivity (Wildman–Crippen MR) is 130 cm³/mol. The zero-order valence-electron chi connectivity index (χ0n) is 18.7. The number of benzene rings is 2. The first-order chi connectivity index (χ1) is 15.4. The van der Waals surface area contributed by atoms with Crippen LogP contribution in [0.2, 0.25) is 0 Å². The molecule has 0 aliphatic carbocycles. The third-order valence-electron chi connectivity index (χ3n) is 5.21. The van der Waals surface area contributed by atoms with Crippen molar-refractivity contribution in [1.82, 2.24) is 10.2 Å². The maximum absolute atomic E-state index is 12.3. The highest BCUT2D eigenvalue weighted by atomic mass is 32.2. The normalized spacial score (nSPS) is 11.8. The summed E-state index contributed by atoms with van der Waals surface area (Å²) in [5.41, 5.74) is 4.99. The average molecular weight is 470 g/mol. The molecule has 168 valence electrons. The van der Waals surface area contributed by atoms with E-state index in [0.29, 0.717) is 21.0 Å². The van der Waals surface area contributed by atoms with Crippen LogP contribution in [0.4, 0.5) is 10.8 Å². The molecule has 1 unspecified atom stereocenters. The van der Waals surface area contributed by atoms with Crippen molar-refractivity contribution >= 4 is 45.7 Å². The number of hydrogen-bond donors (Lipinski definition) is 1. The van der Waals surface area contributed by atoms with Gasteiger partial charge < -0.3 is 10.1 Å².